The fraction of sp³-hybridized carbons (Fsp3) is 0.250. The van der Waals surface area contributed by atoms with Gasteiger partial charge in [0.25, 0.3) is 0 Å². The van der Waals surface area contributed by atoms with E-state index in [1.54, 1.807) is 0 Å². The lowest BCUT2D eigenvalue weighted by atomic mass is 10.1. The van der Waals surface area contributed by atoms with Gasteiger partial charge >= 0.3 is 0 Å². The SMILES string of the molecule is Cc1ccc(N)c(C(S)S)c1N. The van der Waals surface area contributed by atoms with Crippen molar-refractivity contribution in [2.45, 2.75) is 11.5 Å². The first-order chi connectivity index (χ1) is 5.54. The Morgan fingerprint density at radius 1 is 1.25 bits per heavy atom. The molecule has 4 heteroatoms. The van der Waals surface area contributed by atoms with E-state index < -0.39 is 0 Å². The van der Waals surface area contributed by atoms with E-state index in [0.717, 1.165) is 11.1 Å². The minimum absolute atomic E-state index is 0.218. The zero-order valence-electron chi connectivity index (χ0n) is 6.78. The smallest absolute Gasteiger partial charge is 0.0732 e. The average Bonchev–Trinajstić information content (AvgIpc) is 1.97. The summed E-state index contributed by atoms with van der Waals surface area (Å²) in [5.41, 5.74) is 14.7. The van der Waals surface area contributed by atoms with Crippen LogP contribution in [0.15, 0.2) is 12.1 Å². The van der Waals surface area contributed by atoms with Crippen molar-refractivity contribution in [1.29, 1.82) is 0 Å². The molecule has 0 radical (unpaired) electrons. The van der Waals surface area contributed by atoms with E-state index in [2.05, 4.69) is 25.3 Å². The number of rotatable bonds is 1. The highest BCUT2D eigenvalue weighted by Gasteiger charge is 2.10. The highest BCUT2D eigenvalue weighted by molar-refractivity contribution is 7.98. The third-order valence-corrected chi connectivity index (χ3v) is 2.31. The Kier molecular flexibility index (Phi) is 2.80. The van der Waals surface area contributed by atoms with Gasteiger partial charge < -0.3 is 11.5 Å². The van der Waals surface area contributed by atoms with Crippen LogP contribution in [0.3, 0.4) is 0 Å². The molecule has 0 aliphatic carbocycles. The third-order valence-electron chi connectivity index (χ3n) is 1.80. The summed E-state index contributed by atoms with van der Waals surface area (Å²) < 4.78 is -0.218. The van der Waals surface area contributed by atoms with Gasteiger partial charge in [0, 0.05) is 16.9 Å². The molecule has 2 nitrogen and oxygen atoms in total. The number of thiol groups is 2. The van der Waals surface area contributed by atoms with Crippen LogP contribution in [-0.4, -0.2) is 0 Å². The highest BCUT2D eigenvalue weighted by atomic mass is 32.2. The molecule has 0 unspecified atom stereocenters. The Balaban J connectivity index is 3.33. The zero-order valence-corrected chi connectivity index (χ0v) is 8.57. The molecule has 0 bridgehead atoms. The second-order valence-electron chi connectivity index (χ2n) is 2.67. The predicted octanol–water partition coefficient (Wildman–Crippen LogP) is 2.02. The number of hydrogen-bond donors (Lipinski definition) is 4. The van der Waals surface area contributed by atoms with Gasteiger partial charge in [-0.15, -0.1) is 0 Å². The summed E-state index contributed by atoms with van der Waals surface area (Å²) in [7, 11) is 0. The summed E-state index contributed by atoms with van der Waals surface area (Å²) in [5.74, 6) is 0. The fourth-order valence-corrected chi connectivity index (χ4v) is 1.63. The van der Waals surface area contributed by atoms with Crippen LogP contribution in [0.5, 0.6) is 0 Å². The van der Waals surface area contributed by atoms with Crippen molar-refractivity contribution in [3.63, 3.8) is 0 Å². The first-order valence-electron chi connectivity index (χ1n) is 3.54. The van der Waals surface area contributed by atoms with E-state index in [9.17, 15) is 0 Å². The Hall–Kier alpha value is -0.480. The molecule has 0 fully saturated rings. The molecule has 0 saturated heterocycles. The molecular weight excluding hydrogens is 188 g/mol. The maximum Gasteiger partial charge on any atom is 0.0732 e. The van der Waals surface area contributed by atoms with Crippen LogP contribution in [-0.2, 0) is 0 Å². The van der Waals surface area contributed by atoms with E-state index >= 15 is 0 Å². The summed E-state index contributed by atoms with van der Waals surface area (Å²) in [6.45, 7) is 1.93. The molecule has 0 spiro atoms. The second kappa shape index (κ2) is 3.49. The molecule has 12 heavy (non-hydrogen) atoms. The molecule has 0 aromatic heterocycles. The van der Waals surface area contributed by atoms with Crippen molar-refractivity contribution in [3.8, 4) is 0 Å². The minimum atomic E-state index is -0.218. The molecule has 1 aromatic carbocycles. The molecular formula is C8H12N2S2. The fourth-order valence-electron chi connectivity index (χ4n) is 1.05. The predicted molar refractivity (Wildman–Crippen MR) is 60.7 cm³/mol. The maximum absolute atomic E-state index is 5.81. The summed E-state index contributed by atoms with van der Waals surface area (Å²) in [5, 5.41) is 0. The van der Waals surface area contributed by atoms with Gasteiger partial charge in [0.2, 0.25) is 0 Å². The van der Waals surface area contributed by atoms with Crippen LogP contribution in [0.4, 0.5) is 11.4 Å². The number of nitrogen functional groups attached to an aromatic ring is 2. The van der Waals surface area contributed by atoms with Gasteiger partial charge in [0.1, 0.15) is 0 Å². The van der Waals surface area contributed by atoms with Gasteiger partial charge in [0.15, 0.2) is 0 Å². The van der Waals surface area contributed by atoms with Crippen LogP contribution in [0.1, 0.15) is 15.7 Å². The summed E-state index contributed by atoms with van der Waals surface area (Å²) in [6, 6.07) is 3.71. The van der Waals surface area contributed by atoms with Gasteiger partial charge in [0.05, 0.1) is 4.58 Å². The van der Waals surface area contributed by atoms with E-state index in [0.29, 0.717) is 11.4 Å². The number of benzene rings is 1. The Morgan fingerprint density at radius 2 is 1.83 bits per heavy atom. The lowest BCUT2D eigenvalue weighted by Crippen LogP contribution is -2.01. The molecule has 66 valence electrons. The maximum atomic E-state index is 5.81. The number of aryl methyl sites for hydroxylation is 1. The molecule has 0 atom stereocenters. The van der Waals surface area contributed by atoms with Crippen molar-refractivity contribution in [3.05, 3.63) is 23.3 Å². The molecule has 0 saturated carbocycles. The zero-order chi connectivity index (χ0) is 9.30. The topological polar surface area (TPSA) is 52.0 Å². The van der Waals surface area contributed by atoms with Crippen molar-refractivity contribution in [2.24, 2.45) is 0 Å². The molecule has 1 aromatic rings. The van der Waals surface area contributed by atoms with Crippen LogP contribution in [0.25, 0.3) is 0 Å². The lowest BCUT2D eigenvalue weighted by Gasteiger charge is -2.13. The van der Waals surface area contributed by atoms with Crippen LogP contribution >= 0.6 is 25.3 Å². The first kappa shape index (κ1) is 9.61. The van der Waals surface area contributed by atoms with Crippen LogP contribution in [0, 0.1) is 6.92 Å². The molecule has 1 rings (SSSR count). The number of hydrogen-bond acceptors (Lipinski definition) is 4. The average molecular weight is 200 g/mol. The van der Waals surface area contributed by atoms with E-state index in [4.69, 9.17) is 11.5 Å². The van der Waals surface area contributed by atoms with Crippen molar-refractivity contribution in [1.82, 2.24) is 0 Å². The summed E-state index contributed by atoms with van der Waals surface area (Å²) in [6.07, 6.45) is 0. The Bertz CT molecular complexity index is 297. The van der Waals surface area contributed by atoms with Crippen LogP contribution in [0.2, 0.25) is 0 Å². The van der Waals surface area contributed by atoms with Crippen molar-refractivity contribution in [2.75, 3.05) is 11.5 Å². The monoisotopic (exact) mass is 200 g/mol. The van der Waals surface area contributed by atoms with E-state index in [1.165, 1.54) is 0 Å². The van der Waals surface area contributed by atoms with E-state index in [1.807, 2.05) is 19.1 Å². The van der Waals surface area contributed by atoms with Gasteiger partial charge in [-0.1, -0.05) is 6.07 Å². The number of nitrogens with two attached hydrogens (primary N) is 2. The Morgan fingerprint density at radius 3 is 2.25 bits per heavy atom. The molecule has 0 aliphatic heterocycles. The third kappa shape index (κ3) is 1.64. The molecule has 0 amide bonds. The Labute approximate surface area is 83.2 Å². The van der Waals surface area contributed by atoms with E-state index in [-0.39, 0.29) is 4.58 Å². The van der Waals surface area contributed by atoms with Crippen LogP contribution < -0.4 is 11.5 Å². The largest absolute Gasteiger partial charge is 0.398 e. The molecule has 0 aliphatic rings. The number of anilines is 2. The van der Waals surface area contributed by atoms with Gasteiger partial charge in [-0.05, 0) is 18.6 Å². The lowest BCUT2D eigenvalue weighted by molar-refractivity contribution is 1.35. The molecule has 0 heterocycles. The normalized spacial score (nSPS) is 10.7. The van der Waals surface area contributed by atoms with Gasteiger partial charge in [-0.2, -0.15) is 25.3 Å². The van der Waals surface area contributed by atoms with Crippen molar-refractivity contribution < 1.29 is 0 Å². The molecule has 4 N–H and O–H groups in total. The standard InChI is InChI=1S/C8H12N2S2/c1-4-2-3-5(9)6(7(4)10)8(11)12/h2-3,8,11-12H,9-10H2,1H3. The van der Waals surface area contributed by atoms with Gasteiger partial charge in [-0.25, -0.2) is 0 Å². The summed E-state index contributed by atoms with van der Waals surface area (Å²) in [4.78, 5) is 0. The quantitative estimate of drug-likeness (QED) is 0.318. The first-order valence-corrected chi connectivity index (χ1v) is 4.58. The van der Waals surface area contributed by atoms with Gasteiger partial charge in [-0.3, -0.25) is 0 Å². The van der Waals surface area contributed by atoms with Crippen molar-refractivity contribution >= 4 is 36.6 Å². The second-order valence-corrected chi connectivity index (χ2v) is 4.11. The minimum Gasteiger partial charge on any atom is -0.398 e. The highest BCUT2D eigenvalue weighted by Crippen LogP contribution is 2.34. The summed E-state index contributed by atoms with van der Waals surface area (Å²) >= 11 is 8.36.